The number of H-pyrrole nitrogens is 1. The Hall–Kier alpha value is -1.20. The molecule has 0 spiro atoms. The van der Waals surface area contributed by atoms with Crippen LogP contribution in [0.2, 0.25) is 0 Å². The van der Waals surface area contributed by atoms with Crippen molar-refractivity contribution >= 4 is 15.9 Å². The van der Waals surface area contributed by atoms with E-state index in [9.17, 15) is 0 Å². The summed E-state index contributed by atoms with van der Waals surface area (Å²) < 4.78 is 1.06. The van der Waals surface area contributed by atoms with Gasteiger partial charge in [0.1, 0.15) is 5.69 Å². The van der Waals surface area contributed by atoms with Gasteiger partial charge >= 0.3 is 0 Å². The molecule has 0 saturated carbocycles. The highest BCUT2D eigenvalue weighted by Crippen LogP contribution is 2.34. The van der Waals surface area contributed by atoms with Gasteiger partial charge in [-0.25, -0.2) is 0 Å². The van der Waals surface area contributed by atoms with E-state index in [0.29, 0.717) is 6.04 Å². The summed E-state index contributed by atoms with van der Waals surface area (Å²) in [5.74, 6) is 0. The minimum Gasteiger partial charge on any atom is -0.309 e. The van der Waals surface area contributed by atoms with E-state index in [0.717, 1.165) is 34.4 Å². The minimum atomic E-state index is 0.396. The molecule has 1 aliphatic rings. The Labute approximate surface area is 108 Å². The average Bonchev–Trinajstić information content (AvgIpc) is 2.99. The van der Waals surface area contributed by atoms with E-state index in [-0.39, 0.29) is 0 Å². The van der Waals surface area contributed by atoms with E-state index in [1.165, 1.54) is 6.42 Å². The highest BCUT2D eigenvalue weighted by molar-refractivity contribution is 9.10. The van der Waals surface area contributed by atoms with Crippen LogP contribution in [0.15, 0.2) is 29.0 Å². The molecule has 4 nitrogen and oxygen atoms in total. The SMILES string of the molecule is Brc1c(-c2ccncc2)n[nH]c1C1CCCN1. The summed E-state index contributed by atoms with van der Waals surface area (Å²) >= 11 is 3.64. The van der Waals surface area contributed by atoms with Crippen LogP contribution < -0.4 is 5.32 Å². The van der Waals surface area contributed by atoms with Crippen LogP contribution in [-0.2, 0) is 0 Å². The molecule has 1 unspecified atom stereocenters. The number of nitrogens with one attached hydrogen (secondary N) is 2. The molecule has 2 aromatic heterocycles. The predicted octanol–water partition coefficient (Wildman–Crippen LogP) is 2.66. The van der Waals surface area contributed by atoms with Gasteiger partial charge in [0, 0.05) is 18.0 Å². The molecular formula is C12H13BrN4. The molecule has 0 amide bonds. The van der Waals surface area contributed by atoms with Crippen LogP contribution in [0.1, 0.15) is 24.6 Å². The lowest BCUT2D eigenvalue weighted by Crippen LogP contribution is -2.13. The van der Waals surface area contributed by atoms with Gasteiger partial charge in [-0.2, -0.15) is 5.10 Å². The normalized spacial score (nSPS) is 19.7. The van der Waals surface area contributed by atoms with Gasteiger partial charge in [0.05, 0.1) is 16.2 Å². The van der Waals surface area contributed by atoms with Crippen LogP contribution in [0, 0.1) is 0 Å². The van der Waals surface area contributed by atoms with E-state index in [4.69, 9.17) is 0 Å². The Kier molecular flexibility index (Phi) is 2.94. The summed E-state index contributed by atoms with van der Waals surface area (Å²) in [7, 11) is 0. The van der Waals surface area contributed by atoms with Gasteiger partial charge in [0.15, 0.2) is 0 Å². The third-order valence-electron chi connectivity index (χ3n) is 3.10. The summed E-state index contributed by atoms with van der Waals surface area (Å²) in [5, 5.41) is 11.0. The molecule has 5 heteroatoms. The molecule has 88 valence electrons. The quantitative estimate of drug-likeness (QED) is 0.895. The fraction of sp³-hybridized carbons (Fsp3) is 0.333. The van der Waals surface area contributed by atoms with Crippen LogP contribution in [0.4, 0.5) is 0 Å². The molecule has 2 N–H and O–H groups in total. The largest absolute Gasteiger partial charge is 0.309 e. The standard InChI is InChI=1S/C12H13BrN4/c13-10-11(8-3-6-14-7-4-8)16-17-12(10)9-2-1-5-15-9/h3-4,6-7,9,15H,1-2,5H2,(H,16,17). The topological polar surface area (TPSA) is 53.6 Å². The second-order valence-corrected chi connectivity index (χ2v) is 4.98. The minimum absolute atomic E-state index is 0.396. The Balaban J connectivity index is 1.97. The molecule has 3 rings (SSSR count). The summed E-state index contributed by atoms with van der Waals surface area (Å²) in [6.07, 6.45) is 5.95. The summed E-state index contributed by atoms with van der Waals surface area (Å²) in [6.45, 7) is 1.08. The number of hydrogen-bond acceptors (Lipinski definition) is 3. The Morgan fingerprint density at radius 3 is 2.82 bits per heavy atom. The van der Waals surface area contributed by atoms with Crippen molar-refractivity contribution in [2.75, 3.05) is 6.54 Å². The number of aromatic nitrogens is 3. The summed E-state index contributed by atoms with van der Waals surface area (Å²) in [4.78, 5) is 4.02. The van der Waals surface area contributed by atoms with E-state index >= 15 is 0 Å². The van der Waals surface area contributed by atoms with E-state index in [1.807, 2.05) is 12.1 Å². The number of aromatic amines is 1. The molecular weight excluding hydrogens is 280 g/mol. The van der Waals surface area contributed by atoms with Crippen LogP contribution in [-0.4, -0.2) is 21.7 Å². The van der Waals surface area contributed by atoms with Crippen molar-refractivity contribution in [2.45, 2.75) is 18.9 Å². The van der Waals surface area contributed by atoms with Crippen molar-refractivity contribution < 1.29 is 0 Å². The van der Waals surface area contributed by atoms with Crippen LogP contribution in [0.5, 0.6) is 0 Å². The van der Waals surface area contributed by atoms with Crippen molar-refractivity contribution in [3.63, 3.8) is 0 Å². The first-order valence-electron chi connectivity index (χ1n) is 5.74. The van der Waals surface area contributed by atoms with Crippen molar-refractivity contribution in [3.8, 4) is 11.3 Å². The lowest BCUT2D eigenvalue weighted by Gasteiger charge is -2.07. The molecule has 1 atom stereocenters. The molecule has 1 aliphatic heterocycles. The third kappa shape index (κ3) is 2.00. The first kappa shape index (κ1) is 10.9. The molecule has 1 saturated heterocycles. The smallest absolute Gasteiger partial charge is 0.107 e. The fourth-order valence-electron chi connectivity index (χ4n) is 2.20. The lowest BCUT2D eigenvalue weighted by molar-refractivity contribution is 0.623. The van der Waals surface area contributed by atoms with Gasteiger partial charge < -0.3 is 5.32 Å². The molecule has 3 heterocycles. The van der Waals surface area contributed by atoms with E-state index in [2.05, 4.69) is 36.4 Å². The molecule has 17 heavy (non-hydrogen) atoms. The highest BCUT2D eigenvalue weighted by Gasteiger charge is 2.22. The van der Waals surface area contributed by atoms with E-state index in [1.54, 1.807) is 12.4 Å². The van der Waals surface area contributed by atoms with Crippen molar-refractivity contribution in [1.82, 2.24) is 20.5 Å². The van der Waals surface area contributed by atoms with E-state index < -0.39 is 0 Å². The average molecular weight is 293 g/mol. The Morgan fingerprint density at radius 2 is 2.12 bits per heavy atom. The molecule has 0 aromatic carbocycles. The molecule has 0 radical (unpaired) electrons. The monoisotopic (exact) mass is 292 g/mol. The van der Waals surface area contributed by atoms with Gasteiger partial charge in [-0.05, 0) is 47.4 Å². The number of hydrogen-bond donors (Lipinski definition) is 2. The Bertz CT molecular complexity index is 502. The van der Waals surface area contributed by atoms with Gasteiger partial charge in [-0.3, -0.25) is 10.1 Å². The molecule has 1 fully saturated rings. The zero-order valence-electron chi connectivity index (χ0n) is 9.28. The molecule has 2 aromatic rings. The second-order valence-electron chi connectivity index (χ2n) is 4.18. The molecule has 0 bridgehead atoms. The van der Waals surface area contributed by atoms with Gasteiger partial charge in [0.25, 0.3) is 0 Å². The maximum Gasteiger partial charge on any atom is 0.107 e. The zero-order valence-corrected chi connectivity index (χ0v) is 10.9. The number of rotatable bonds is 2. The van der Waals surface area contributed by atoms with Crippen LogP contribution in [0.3, 0.4) is 0 Å². The first-order valence-corrected chi connectivity index (χ1v) is 6.53. The van der Waals surface area contributed by atoms with Crippen molar-refractivity contribution in [3.05, 3.63) is 34.7 Å². The molecule has 0 aliphatic carbocycles. The second kappa shape index (κ2) is 4.58. The van der Waals surface area contributed by atoms with Crippen molar-refractivity contribution in [1.29, 1.82) is 0 Å². The number of nitrogens with zero attached hydrogens (tertiary/aromatic N) is 2. The van der Waals surface area contributed by atoms with Gasteiger partial charge in [0.2, 0.25) is 0 Å². The first-order chi connectivity index (χ1) is 8.36. The maximum absolute atomic E-state index is 4.39. The number of halogens is 1. The highest BCUT2D eigenvalue weighted by atomic mass is 79.9. The fourth-order valence-corrected chi connectivity index (χ4v) is 2.89. The summed E-state index contributed by atoms with van der Waals surface area (Å²) in [5.41, 5.74) is 3.18. The Morgan fingerprint density at radius 1 is 1.29 bits per heavy atom. The third-order valence-corrected chi connectivity index (χ3v) is 3.90. The van der Waals surface area contributed by atoms with Crippen LogP contribution >= 0.6 is 15.9 Å². The van der Waals surface area contributed by atoms with Crippen LogP contribution in [0.25, 0.3) is 11.3 Å². The maximum atomic E-state index is 4.39. The van der Waals surface area contributed by atoms with Crippen molar-refractivity contribution in [2.24, 2.45) is 0 Å². The lowest BCUT2D eigenvalue weighted by atomic mass is 10.1. The van der Waals surface area contributed by atoms with Gasteiger partial charge in [-0.15, -0.1) is 0 Å². The zero-order chi connectivity index (χ0) is 11.7. The predicted molar refractivity (Wildman–Crippen MR) is 69.5 cm³/mol. The number of pyridine rings is 1. The summed E-state index contributed by atoms with van der Waals surface area (Å²) in [6, 6.07) is 4.33. The van der Waals surface area contributed by atoms with Gasteiger partial charge in [-0.1, -0.05) is 0 Å².